The molecule has 0 rings (SSSR count). The lowest BCUT2D eigenvalue weighted by Gasteiger charge is -2.11. The van der Waals surface area contributed by atoms with Crippen molar-refractivity contribution in [3.8, 4) is 0 Å². The van der Waals surface area contributed by atoms with E-state index in [2.05, 4.69) is 20.8 Å². The van der Waals surface area contributed by atoms with Gasteiger partial charge in [0, 0.05) is 0 Å². The van der Waals surface area contributed by atoms with E-state index in [1.807, 2.05) is 0 Å². The van der Waals surface area contributed by atoms with Crippen molar-refractivity contribution in [2.75, 3.05) is 6.61 Å². The second-order valence-electron chi connectivity index (χ2n) is 10.0. The lowest BCUT2D eigenvalue weighted by atomic mass is 10.0. The molecule has 3 nitrogen and oxygen atoms in total. The molecule has 0 aliphatic heterocycles. The summed E-state index contributed by atoms with van der Waals surface area (Å²) >= 11 is 0. The fourth-order valence-electron chi connectivity index (χ4n) is 4.10. The van der Waals surface area contributed by atoms with E-state index in [-0.39, 0.29) is 0 Å². The molecular formula is C28H56O3. The number of rotatable bonds is 24. The van der Waals surface area contributed by atoms with Crippen LogP contribution in [0, 0.1) is 5.92 Å². The van der Waals surface area contributed by atoms with E-state index in [0.717, 1.165) is 31.6 Å². The van der Waals surface area contributed by atoms with Crippen LogP contribution in [0.1, 0.15) is 156 Å². The molecule has 3 heteroatoms. The van der Waals surface area contributed by atoms with Gasteiger partial charge in [-0.2, -0.15) is 0 Å². The molecule has 0 aromatic carbocycles. The van der Waals surface area contributed by atoms with Crippen LogP contribution in [-0.2, 0) is 9.53 Å². The Balaban J connectivity index is 3.30. The van der Waals surface area contributed by atoms with Gasteiger partial charge in [0.05, 0.1) is 6.61 Å². The maximum Gasteiger partial charge on any atom is 0.334 e. The van der Waals surface area contributed by atoms with Gasteiger partial charge in [-0.3, -0.25) is 0 Å². The minimum absolute atomic E-state index is 0.422. The highest BCUT2D eigenvalue weighted by atomic mass is 16.5. The van der Waals surface area contributed by atoms with E-state index in [1.165, 1.54) is 103 Å². The average molecular weight is 441 g/mol. The number of unbranched alkanes of at least 4 members (excludes halogenated alkanes) is 17. The number of esters is 1. The van der Waals surface area contributed by atoms with Crippen LogP contribution in [-0.4, -0.2) is 23.8 Å². The Hall–Kier alpha value is -0.570. The molecule has 0 radical (unpaired) electrons. The number of ether oxygens (including phenoxy) is 1. The Kier molecular flexibility index (Phi) is 23.6. The van der Waals surface area contributed by atoms with Gasteiger partial charge in [0.2, 0.25) is 0 Å². The molecule has 31 heavy (non-hydrogen) atoms. The van der Waals surface area contributed by atoms with E-state index in [9.17, 15) is 9.90 Å². The maximum atomic E-state index is 11.8. The lowest BCUT2D eigenvalue weighted by Crippen LogP contribution is -2.23. The molecule has 0 fully saturated rings. The minimum Gasteiger partial charge on any atom is -0.464 e. The Labute approximate surface area is 195 Å². The van der Waals surface area contributed by atoms with Gasteiger partial charge in [-0.05, 0) is 18.8 Å². The quantitative estimate of drug-likeness (QED) is 0.120. The summed E-state index contributed by atoms with van der Waals surface area (Å²) in [4.78, 5) is 11.8. The molecule has 0 spiro atoms. The zero-order valence-electron chi connectivity index (χ0n) is 21.5. The molecule has 0 heterocycles. The highest BCUT2D eigenvalue weighted by Gasteiger charge is 2.15. The van der Waals surface area contributed by atoms with Crippen molar-refractivity contribution in [2.24, 2.45) is 5.92 Å². The number of aliphatic hydroxyl groups is 1. The second kappa shape index (κ2) is 24.1. The largest absolute Gasteiger partial charge is 0.464 e. The van der Waals surface area contributed by atoms with Crippen molar-refractivity contribution in [3.63, 3.8) is 0 Å². The highest BCUT2D eigenvalue weighted by Crippen LogP contribution is 2.14. The normalized spacial score (nSPS) is 12.4. The minimum atomic E-state index is -0.927. The van der Waals surface area contributed by atoms with Crippen LogP contribution >= 0.6 is 0 Å². The second-order valence-corrected chi connectivity index (χ2v) is 10.0. The first-order chi connectivity index (χ1) is 15.1. The first-order valence-corrected chi connectivity index (χ1v) is 13.9. The van der Waals surface area contributed by atoms with Crippen LogP contribution in [0.25, 0.3) is 0 Å². The third-order valence-corrected chi connectivity index (χ3v) is 6.27. The van der Waals surface area contributed by atoms with Crippen molar-refractivity contribution in [2.45, 2.75) is 162 Å². The van der Waals surface area contributed by atoms with Crippen molar-refractivity contribution < 1.29 is 14.6 Å². The zero-order valence-corrected chi connectivity index (χ0v) is 21.5. The molecule has 0 aromatic rings. The van der Waals surface area contributed by atoms with Crippen LogP contribution in [0.4, 0.5) is 0 Å². The van der Waals surface area contributed by atoms with Crippen LogP contribution < -0.4 is 0 Å². The fourth-order valence-corrected chi connectivity index (χ4v) is 4.10. The van der Waals surface area contributed by atoms with Crippen LogP contribution in [0.3, 0.4) is 0 Å². The third kappa shape index (κ3) is 23.9. The highest BCUT2D eigenvalue weighted by molar-refractivity contribution is 5.74. The van der Waals surface area contributed by atoms with Crippen molar-refractivity contribution in [1.29, 1.82) is 0 Å². The molecule has 186 valence electrons. The molecular weight excluding hydrogens is 384 g/mol. The summed E-state index contributed by atoms with van der Waals surface area (Å²) in [7, 11) is 0. The molecule has 0 saturated heterocycles. The topological polar surface area (TPSA) is 46.5 Å². The van der Waals surface area contributed by atoms with E-state index in [4.69, 9.17) is 4.74 Å². The van der Waals surface area contributed by atoms with Gasteiger partial charge in [0.25, 0.3) is 0 Å². The average Bonchev–Trinajstić information content (AvgIpc) is 2.75. The van der Waals surface area contributed by atoms with Gasteiger partial charge < -0.3 is 9.84 Å². The Morgan fingerprint density at radius 1 is 0.613 bits per heavy atom. The van der Waals surface area contributed by atoms with E-state index >= 15 is 0 Å². The van der Waals surface area contributed by atoms with Gasteiger partial charge >= 0.3 is 5.97 Å². The Morgan fingerprint density at radius 3 is 1.45 bits per heavy atom. The Morgan fingerprint density at radius 2 is 1.00 bits per heavy atom. The summed E-state index contributed by atoms with van der Waals surface area (Å²) in [6.45, 7) is 7.26. The molecule has 0 bridgehead atoms. The predicted molar refractivity (Wildman–Crippen MR) is 134 cm³/mol. The molecule has 0 amide bonds. The smallest absolute Gasteiger partial charge is 0.334 e. The number of carbonyl (C=O) groups is 1. The van der Waals surface area contributed by atoms with Gasteiger partial charge in [-0.1, -0.05) is 143 Å². The van der Waals surface area contributed by atoms with Crippen molar-refractivity contribution in [3.05, 3.63) is 0 Å². The SMILES string of the molecule is CCCCCCCCCCCCCCCCC(O)C(=O)OCCCCCCCC(C)C. The zero-order chi connectivity index (χ0) is 23.0. The van der Waals surface area contributed by atoms with Gasteiger partial charge in [-0.25, -0.2) is 4.79 Å². The van der Waals surface area contributed by atoms with Gasteiger partial charge in [0.15, 0.2) is 6.10 Å². The van der Waals surface area contributed by atoms with E-state index in [0.29, 0.717) is 13.0 Å². The first kappa shape index (κ1) is 30.4. The summed E-state index contributed by atoms with van der Waals surface area (Å²) in [6.07, 6.45) is 25.2. The predicted octanol–water partition coefficient (Wildman–Crippen LogP) is 8.76. The standard InChI is InChI=1S/C28H56O3/c1-4-5-6-7-8-9-10-11-12-13-14-15-18-21-24-27(29)28(30)31-25-22-19-16-17-20-23-26(2)3/h26-27,29H,4-25H2,1-3H3. The summed E-state index contributed by atoms with van der Waals surface area (Å²) in [5, 5.41) is 9.96. The summed E-state index contributed by atoms with van der Waals surface area (Å²) in [5.41, 5.74) is 0. The monoisotopic (exact) mass is 440 g/mol. The van der Waals surface area contributed by atoms with Crippen LogP contribution in [0.15, 0.2) is 0 Å². The van der Waals surface area contributed by atoms with E-state index < -0.39 is 12.1 Å². The number of carbonyl (C=O) groups excluding carboxylic acids is 1. The summed E-state index contributed by atoms with van der Waals surface area (Å²) in [5.74, 6) is 0.372. The summed E-state index contributed by atoms with van der Waals surface area (Å²) < 4.78 is 5.23. The lowest BCUT2D eigenvalue weighted by molar-refractivity contribution is -0.154. The molecule has 0 aliphatic rings. The maximum absolute atomic E-state index is 11.8. The number of hydrogen-bond acceptors (Lipinski definition) is 3. The Bertz CT molecular complexity index is 367. The van der Waals surface area contributed by atoms with Crippen molar-refractivity contribution in [1.82, 2.24) is 0 Å². The molecule has 0 aliphatic carbocycles. The van der Waals surface area contributed by atoms with Crippen LogP contribution in [0.5, 0.6) is 0 Å². The first-order valence-electron chi connectivity index (χ1n) is 13.9. The number of hydrogen-bond donors (Lipinski definition) is 1. The molecule has 1 atom stereocenters. The van der Waals surface area contributed by atoms with Crippen molar-refractivity contribution >= 4 is 5.97 Å². The number of aliphatic hydroxyl groups excluding tert-OH is 1. The van der Waals surface area contributed by atoms with E-state index in [1.54, 1.807) is 0 Å². The third-order valence-electron chi connectivity index (χ3n) is 6.27. The summed E-state index contributed by atoms with van der Waals surface area (Å²) in [6, 6.07) is 0. The van der Waals surface area contributed by atoms with Gasteiger partial charge in [0.1, 0.15) is 0 Å². The molecule has 1 unspecified atom stereocenters. The van der Waals surface area contributed by atoms with Crippen LogP contribution in [0.2, 0.25) is 0 Å². The molecule has 0 saturated carbocycles. The molecule has 0 aromatic heterocycles. The molecule has 1 N–H and O–H groups in total. The fraction of sp³-hybridized carbons (Fsp3) is 0.964. The van der Waals surface area contributed by atoms with Gasteiger partial charge in [-0.15, -0.1) is 0 Å².